The Labute approximate surface area is 311 Å². The van der Waals surface area contributed by atoms with E-state index in [1.54, 1.807) is 30.4 Å². The maximum Gasteiger partial charge on any atom is 0.169 e. The van der Waals surface area contributed by atoms with Crippen LogP contribution in [0.3, 0.4) is 0 Å². The molecule has 4 aromatic carbocycles. The molecular weight excluding hydrogens is 666 g/mol. The van der Waals surface area contributed by atoms with Gasteiger partial charge in [0.15, 0.2) is 23.0 Å². The second-order valence-electron chi connectivity index (χ2n) is 16.5. The van der Waals surface area contributed by atoms with Crippen molar-refractivity contribution in [3.63, 3.8) is 0 Å². The van der Waals surface area contributed by atoms with Crippen molar-refractivity contribution in [1.29, 1.82) is 0 Å². The molecule has 4 aliphatic rings. The molecule has 8 heteroatoms. The summed E-state index contributed by atoms with van der Waals surface area (Å²) in [4.78, 5) is 0. The number of phenols is 5. The Bertz CT molecular complexity index is 2000. The molecule has 1 aliphatic heterocycles. The number of phenolic OH excluding ortho intramolecular Hbond substituents is 5. The zero-order valence-electron chi connectivity index (χ0n) is 30.5. The van der Waals surface area contributed by atoms with Crippen LogP contribution in [0.15, 0.2) is 60.7 Å². The van der Waals surface area contributed by atoms with E-state index in [9.17, 15) is 30.6 Å². The van der Waals surface area contributed by atoms with Crippen molar-refractivity contribution < 1.29 is 35.4 Å². The number of aliphatic hydroxyl groups is 1. The first-order chi connectivity index (χ1) is 25.6. The van der Waals surface area contributed by atoms with Gasteiger partial charge in [-0.25, -0.2) is 0 Å². The van der Waals surface area contributed by atoms with Gasteiger partial charge in [-0.05, 0) is 116 Å². The lowest BCUT2D eigenvalue weighted by Gasteiger charge is -2.64. The molecule has 4 aromatic rings. The van der Waals surface area contributed by atoms with Gasteiger partial charge < -0.3 is 40.7 Å². The van der Waals surface area contributed by atoms with Gasteiger partial charge in [-0.1, -0.05) is 73.9 Å². The number of rotatable bonds is 8. The van der Waals surface area contributed by atoms with Crippen LogP contribution < -0.4 is 5.32 Å². The van der Waals surface area contributed by atoms with Gasteiger partial charge in [0.05, 0.1) is 17.1 Å². The molecule has 0 radical (unpaired) electrons. The number of benzene rings is 4. The number of aliphatic hydroxyl groups excluding tert-OH is 1. The van der Waals surface area contributed by atoms with E-state index in [1.807, 2.05) is 0 Å². The Morgan fingerprint density at radius 3 is 2.21 bits per heavy atom. The van der Waals surface area contributed by atoms with Crippen LogP contribution >= 0.6 is 0 Å². The van der Waals surface area contributed by atoms with Crippen molar-refractivity contribution in [2.24, 2.45) is 10.8 Å². The van der Waals surface area contributed by atoms with Crippen LogP contribution in [-0.4, -0.2) is 55.0 Å². The van der Waals surface area contributed by atoms with E-state index in [4.69, 9.17) is 4.74 Å². The fraction of sp³-hybridized carbons (Fsp3) is 0.467. The number of ether oxygens (including phenoxy) is 1. The average molecular weight is 720 g/mol. The van der Waals surface area contributed by atoms with Gasteiger partial charge in [0, 0.05) is 35.6 Å². The first kappa shape index (κ1) is 35.8. The zero-order chi connectivity index (χ0) is 36.8. The molecule has 0 amide bonds. The summed E-state index contributed by atoms with van der Waals surface area (Å²) in [6.45, 7) is 1.55. The quantitative estimate of drug-likeness (QED) is 0.0709. The molecule has 4 fully saturated rings. The summed E-state index contributed by atoms with van der Waals surface area (Å²) in [5.74, 6) is -1.21. The Balaban J connectivity index is 0.980. The maximum atomic E-state index is 11.2. The Morgan fingerprint density at radius 2 is 1.45 bits per heavy atom. The molecule has 1 heterocycles. The van der Waals surface area contributed by atoms with E-state index >= 15 is 0 Å². The lowest BCUT2D eigenvalue weighted by Crippen LogP contribution is -2.66. The van der Waals surface area contributed by atoms with Gasteiger partial charge in [0.1, 0.15) is 5.75 Å². The van der Waals surface area contributed by atoms with Gasteiger partial charge in [-0.3, -0.25) is 0 Å². The summed E-state index contributed by atoms with van der Waals surface area (Å²) in [6.07, 6.45) is 18.1. The van der Waals surface area contributed by atoms with Gasteiger partial charge in [-0.15, -0.1) is 0 Å². The number of hydrogen-bond donors (Lipinski definition) is 7. The van der Waals surface area contributed by atoms with Crippen LogP contribution in [-0.2, 0) is 24.1 Å². The molecule has 8 nitrogen and oxygen atoms in total. The fourth-order valence-electron chi connectivity index (χ4n) is 11.1. The number of aromatic hydroxyl groups is 5. The van der Waals surface area contributed by atoms with Crippen LogP contribution in [0.2, 0.25) is 0 Å². The highest BCUT2D eigenvalue weighted by molar-refractivity contribution is 6.03. The minimum Gasteiger partial charge on any atom is -0.507 e. The van der Waals surface area contributed by atoms with E-state index < -0.39 is 0 Å². The largest absolute Gasteiger partial charge is 0.507 e. The number of hydrogen-bond acceptors (Lipinski definition) is 8. The molecule has 3 spiro atoms. The van der Waals surface area contributed by atoms with Crippen LogP contribution in [0.25, 0.3) is 22.9 Å². The van der Waals surface area contributed by atoms with E-state index in [1.165, 1.54) is 68.7 Å². The summed E-state index contributed by atoms with van der Waals surface area (Å²) in [5, 5.41) is 68.1. The highest BCUT2D eigenvalue weighted by Crippen LogP contribution is 2.69. The molecule has 53 heavy (non-hydrogen) atoms. The first-order valence-corrected chi connectivity index (χ1v) is 19.6. The normalized spacial score (nSPS) is 26.8. The summed E-state index contributed by atoms with van der Waals surface area (Å²) < 4.78 is 7.07. The predicted molar refractivity (Wildman–Crippen MR) is 207 cm³/mol. The lowest BCUT2D eigenvalue weighted by atomic mass is 9.47. The molecule has 8 rings (SSSR count). The SMILES string of the molecule is Oc1ccc(C=Cc2c(CCc3ccc(CNC4CCOC5(C4)C4(CCCC4)CCCC54CCC(O)C4)cc3)c(O)c(O)c3c(O)cccc23)cc1O. The molecule has 3 saturated carbocycles. The zero-order valence-corrected chi connectivity index (χ0v) is 30.5. The van der Waals surface area contributed by atoms with E-state index in [0.717, 1.165) is 50.8 Å². The third-order valence-corrected chi connectivity index (χ3v) is 13.6. The summed E-state index contributed by atoms with van der Waals surface area (Å²) in [5.41, 5.74) is 4.35. The van der Waals surface area contributed by atoms with E-state index in [-0.39, 0.29) is 56.7 Å². The summed E-state index contributed by atoms with van der Waals surface area (Å²) in [6, 6.07) is 18.5. The fourth-order valence-corrected chi connectivity index (χ4v) is 11.1. The minimum absolute atomic E-state index is 0.0950. The summed E-state index contributed by atoms with van der Waals surface area (Å²) >= 11 is 0. The molecule has 3 aliphatic carbocycles. The van der Waals surface area contributed by atoms with Crippen LogP contribution in [0.1, 0.15) is 105 Å². The molecule has 1 saturated heterocycles. The number of aryl methyl sites for hydroxylation is 1. The topological polar surface area (TPSA) is 143 Å². The van der Waals surface area contributed by atoms with Crippen molar-refractivity contribution in [3.05, 3.63) is 88.5 Å². The van der Waals surface area contributed by atoms with Gasteiger partial charge in [0.25, 0.3) is 0 Å². The molecule has 0 bridgehead atoms. The van der Waals surface area contributed by atoms with Crippen molar-refractivity contribution in [1.82, 2.24) is 5.32 Å². The van der Waals surface area contributed by atoms with Crippen molar-refractivity contribution in [2.45, 2.75) is 114 Å². The average Bonchev–Trinajstić information content (AvgIpc) is 3.80. The van der Waals surface area contributed by atoms with Crippen molar-refractivity contribution in [3.8, 4) is 28.7 Å². The lowest BCUT2D eigenvalue weighted by molar-refractivity contribution is -0.255. The number of nitrogens with one attached hydrogen (secondary N) is 1. The maximum absolute atomic E-state index is 11.2. The molecule has 4 atom stereocenters. The van der Waals surface area contributed by atoms with Crippen molar-refractivity contribution >= 4 is 22.9 Å². The Kier molecular flexibility index (Phi) is 9.58. The number of fused-ring (bicyclic) bond motifs is 3. The first-order valence-electron chi connectivity index (χ1n) is 19.6. The van der Waals surface area contributed by atoms with E-state index in [0.29, 0.717) is 41.0 Å². The van der Waals surface area contributed by atoms with Crippen LogP contribution in [0, 0.1) is 10.8 Å². The van der Waals surface area contributed by atoms with Gasteiger partial charge >= 0.3 is 0 Å². The van der Waals surface area contributed by atoms with E-state index in [2.05, 4.69) is 29.6 Å². The van der Waals surface area contributed by atoms with Gasteiger partial charge in [-0.2, -0.15) is 0 Å². The minimum atomic E-state index is -0.356. The monoisotopic (exact) mass is 719 g/mol. The highest BCUT2D eigenvalue weighted by atomic mass is 16.5. The highest BCUT2D eigenvalue weighted by Gasteiger charge is 2.68. The molecule has 7 N–H and O–H groups in total. The third kappa shape index (κ3) is 6.32. The smallest absolute Gasteiger partial charge is 0.169 e. The Morgan fingerprint density at radius 1 is 0.698 bits per heavy atom. The Hall–Kier alpha value is -4.24. The third-order valence-electron chi connectivity index (χ3n) is 13.6. The van der Waals surface area contributed by atoms with Gasteiger partial charge in [0.2, 0.25) is 0 Å². The second kappa shape index (κ2) is 14.2. The molecule has 4 unspecified atom stereocenters. The predicted octanol–water partition coefficient (Wildman–Crippen LogP) is 8.61. The molecular formula is C45H53NO7. The second-order valence-corrected chi connectivity index (χ2v) is 16.5. The van der Waals surface area contributed by atoms with Crippen LogP contribution in [0.5, 0.6) is 28.7 Å². The molecule has 280 valence electrons. The standard InChI is InChI=1S/C45H53NO7/c47-33-17-23-44(27-33)22-4-21-43(19-1-2-20-43)45(44)26-32(18-24-53-45)46-28-31-9-7-29(8-10-31)11-15-36-34(14-12-30-13-16-37(48)39(50)25-30)35-5-3-6-38(49)40(35)42(52)41(36)51/h3,5-10,12-14,16,25,32-33,46-52H,1-2,4,11,15,17-24,26-28H2. The van der Waals surface area contributed by atoms with Crippen LogP contribution in [0.4, 0.5) is 0 Å². The molecule has 0 aromatic heterocycles. The van der Waals surface area contributed by atoms with Crippen molar-refractivity contribution in [2.75, 3.05) is 6.61 Å². The summed E-state index contributed by atoms with van der Waals surface area (Å²) in [7, 11) is 0.